The lowest BCUT2D eigenvalue weighted by Crippen LogP contribution is -2.34. The monoisotopic (exact) mass is 258 g/mol. The lowest BCUT2D eigenvalue weighted by Gasteiger charge is -2.20. The first kappa shape index (κ1) is 11.4. The fourth-order valence-electron chi connectivity index (χ4n) is 1.44. The summed E-state index contributed by atoms with van der Waals surface area (Å²) in [7, 11) is 0. The predicted molar refractivity (Wildman–Crippen MR) is 59.5 cm³/mol. The SMILES string of the molecule is O=C1C(Cl)=C(Cl)C(O)N1Cc1cccnc1. The third-order valence-electron chi connectivity index (χ3n) is 2.26. The second kappa shape index (κ2) is 4.41. The van der Waals surface area contributed by atoms with Crippen molar-refractivity contribution in [2.24, 2.45) is 0 Å². The van der Waals surface area contributed by atoms with Crippen molar-refractivity contribution >= 4 is 29.1 Å². The van der Waals surface area contributed by atoms with Crippen LogP contribution in [0.5, 0.6) is 0 Å². The van der Waals surface area contributed by atoms with Gasteiger partial charge in [0.2, 0.25) is 0 Å². The van der Waals surface area contributed by atoms with Gasteiger partial charge < -0.3 is 10.0 Å². The van der Waals surface area contributed by atoms with E-state index in [4.69, 9.17) is 23.2 Å². The quantitative estimate of drug-likeness (QED) is 0.874. The van der Waals surface area contributed by atoms with E-state index >= 15 is 0 Å². The summed E-state index contributed by atoms with van der Waals surface area (Å²) in [6.45, 7) is 0.222. The van der Waals surface area contributed by atoms with Crippen LogP contribution in [0.1, 0.15) is 5.56 Å². The van der Waals surface area contributed by atoms with E-state index in [1.165, 1.54) is 4.90 Å². The molecule has 1 amide bonds. The summed E-state index contributed by atoms with van der Waals surface area (Å²) in [5.41, 5.74) is 0.797. The van der Waals surface area contributed by atoms with Gasteiger partial charge in [-0.2, -0.15) is 0 Å². The van der Waals surface area contributed by atoms with E-state index in [0.717, 1.165) is 5.56 Å². The normalized spacial score (nSPS) is 20.8. The highest BCUT2D eigenvalue weighted by Crippen LogP contribution is 2.30. The van der Waals surface area contributed by atoms with Gasteiger partial charge in [-0.1, -0.05) is 29.3 Å². The molecule has 16 heavy (non-hydrogen) atoms. The number of aliphatic hydroxyl groups excluding tert-OH is 1. The van der Waals surface area contributed by atoms with E-state index in [1.54, 1.807) is 24.5 Å². The van der Waals surface area contributed by atoms with Crippen LogP contribution in [0, 0.1) is 0 Å². The Morgan fingerprint density at radius 2 is 2.25 bits per heavy atom. The highest BCUT2D eigenvalue weighted by molar-refractivity contribution is 6.49. The highest BCUT2D eigenvalue weighted by atomic mass is 35.5. The third kappa shape index (κ3) is 1.91. The number of aromatic nitrogens is 1. The molecular weight excluding hydrogens is 251 g/mol. The van der Waals surface area contributed by atoms with Gasteiger partial charge in [0.15, 0.2) is 6.23 Å². The van der Waals surface area contributed by atoms with Crippen LogP contribution in [0.4, 0.5) is 0 Å². The van der Waals surface area contributed by atoms with Crippen molar-refractivity contribution in [2.45, 2.75) is 12.8 Å². The lowest BCUT2D eigenvalue weighted by molar-refractivity contribution is -0.132. The van der Waals surface area contributed by atoms with Gasteiger partial charge in [0.05, 0.1) is 11.6 Å². The van der Waals surface area contributed by atoms with Crippen molar-refractivity contribution in [2.75, 3.05) is 0 Å². The summed E-state index contributed by atoms with van der Waals surface area (Å²) >= 11 is 11.3. The van der Waals surface area contributed by atoms with E-state index < -0.39 is 12.1 Å². The molecule has 1 aliphatic heterocycles. The molecule has 0 spiro atoms. The molecule has 1 atom stereocenters. The zero-order valence-corrected chi connectivity index (χ0v) is 9.61. The number of nitrogens with zero attached hydrogens (tertiary/aromatic N) is 2. The summed E-state index contributed by atoms with van der Waals surface area (Å²) in [6, 6.07) is 3.55. The molecule has 84 valence electrons. The maximum absolute atomic E-state index is 11.6. The number of halogens is 2. The molecule has 1 unspecified atom stereocenters. The molecule has 0 radical (unpaired) electrons. The predicted octanol–water partition coefficient (Wildman–Crippen LogP) is 1.43. The van der Waals surface area contributed by atoms with Crippen molar-refractivity contribution in [1.29, 1.82) is 0 Å². The zero-order chi connectivity index (χ0) is 11.7. The van der Waals surface area contributed by atoms with Gasteiger partial charge in [-0.05, 0) is 11.6 Å². The number of amides is 1. The minimum absolute atomic E-state index is 0.0319. The van der Waals surface area contributed by atoms with Crippen LogP contribution in [0.25, 0.3) is 0 Å². The number of pyridine rings is 1. The Hall–Kier alpha value is -1.10. The maximum Gasteiger partial charge on any atom is 0.269 e. The van der Waals surface area contributed by atoms with Crippen LogP contribution in [0.3, 0.4) is 0 Å². The van der Waals surface area contributed by atoms with Crippen LogP contribution in [-0.2, 0) is 11.3 Å². The molecule has 0 saturated carbocycles. The van der Waals surface area contributed by atoms with Gasteiger partial charge in [0.1, 0.15) is 5.03 Å². The molecule has 0 aromatic carbocycles. The van der Waals surface area contributed by atoms with Gasteiger partial charge in [0, 0.05) is 12.4 Å². The summed E-state index contributed by atoms with van der Waals surface area (Å²) in [4.78, 5) is 16.7. The van der Waals surface area contributed by atoms with Crippen LogP contribution >= 0.6 is 23.2 Å². The fourth-order valence-corrected chi connectivity index (χ4v) is 1.84. The van der Waals surface area contributed by atoms with Gasteiger partial charge in [0.25, 0.3) is 5.91 Å². The number of hydrogen-bond acceptors (Lipinski definition) is 3. The summed E-state index contributed by atoms with van der Waals surface area (Å²) in [5, 5.41) is 9.51. The van der Waals surface area contributed by atoms with E-state index in [1.807, 2.05) is 0 Å². The molecule has 4 nitrogen and oxygen atoms in total. The van der Waals surface area contributed by atoms with Gasteiger partial charge in [-0.25, -0.2) is 0 Å². The van der Waals surface area contributed by atoms with E-state index in [0.29, 0.717) is 0 Å². The summed E-state index contributed by atoms with van der Waals surface area (Å²) < 4.78 is 0. The van der Waals surface area contributed by atoms with Crippen LogP contribution in [0.2, 0.25) is 0 Å². The lowest BCUT2D eigenvalue weighted by atomic mass is 10.2. The van der Waals surface area contributed by atoms with Crippen molar-refractivity contribution in [3.8, 4) is 0 Å². The number of hydrogen-bond donors (Lipinski definition) is 1. The second-order valence-electron chi connectivity index (χ2n) is 3.33. The number of carbonyl (C=O) groups is 1. The second-order valence-corrected chi connectivity index (χ2v) is 4.12. The van der Waals surface area contributed by atoms with E-state index in [2.05, 4.69) is 4.98 Å². The molecule has 1 aromatic heterocycles. The molecule has 2 rings (SSSR count). The molecule has 1 N–H and O–H groups in total. The zero-order valence-electron chi connectivity index (χ0n) is 8.10. The first-order valence-corrected chi connectivity index (χ1v) is 5.30. The van der Waals surface area contributed by atoms with Crippen molar-refractivity contribution in [1.82, 2.24) is 9.88 Å². The molecule has 0 bridgehead atoms. The van der Waals surface area contributed by atoms with E-state index in [-0.39, 0.29) is 16.6 Å². The van der Waals surface area contributed by atoms with Gasteiger partial charge in [-0.3, -0.25) is 9.78 Å². The minimum atomic E-state index is -1.16. The largest absolute Gasteiger partial charge is 0.368 e. The average molecular weight is 259 g/mol. The molecule has 0 saturated heterocycles. The van der Waals surface area contributed by atoms with Gasteiger partial charge in [-0.15, -0.1) is 0 Å². The van der Waals surface area contributed by atoms with Crippen molar-refractivity contribution < 1.29 is 9.90 Å². The Bertz CT molecular complexity index is 447. The molecule has 0 aliphatic carbocycles. The first-order chi connectivity index (χ1) is 7.61. The topological polar surface area (TPSA) is 53.4 Å². The molecule has 1 aromatic rings. The van der Waals surface area contributed by atoms with Crippen LogP contribution in [-0.4, -0.2) is 27.1 Å². The summed E-state index contributed by atoms with van der Waals surface area (Å²) in [6.07, 6.45) is 2.08. The Morgan fingerprint density at radius 3 is 2.75 bits per heavy atom. The highest BCUT2D eigenvalue weighted by Gasteiger charge is 2.36. The Morgan fingerprint density at radius 1 is 1.50 bits per heavy atom. The average Bonchev–Trinajstić information content (AvgIpc) is 2.48. The molecule has 2 heterocycles. The molecule has 1 aliphatic rings. The Kier molecular flexibility index (Phi) is 3.14. The summed E-state index contributed by atoms with van der Waals surface area (Å²) in [5.74, 6) is -0.469. The van der Waals surface area contributed by atoms with Crippen LogP contribution in [0.15, 0.2) is 34.6 Å². The fraction of sp³-hybridized carbons (Fsp3) is 0.200. The molecule has 0 fully saturated rings. The minimum Gasteiger partial charge on any atom is -0.368 e. The standard InChI is InChI=1S/C10H8Cl2N2O2/c11-7-8(12)10(16)14(9(7)15)5-6-2-1-3-13-4-6/h1-4,9,15H,5H2. The van der Waals surface area contributed by atoms with Crippen LogP contribution < -0.4 is 0 Å². The van der Waals surface area contributed by atoms with E-state index in [9.17, 15) is 9.90 Å². The Labute approximate surface area is 102 Å². The number of carbonyl (C=O) groups excluding carboxylic acids is 1. The Balaban J connectivity index is 2.17. The smallest absolute Gasteiger partial charge is 0.269 e. The number of rotatable bonds is 2. The third-order valence-corrected chi connectivity index (χ3v) is 3.10. The van der Waals surface area contributed by atoms with Crippen molar-refractivity contribution in [3.63, 3.8) is 0 Å². The number of aliphatic hydroxyl groups is 1. The van der Waals surface area contributed by atoms with Gasteiger partial charge >= 0.3 is 0 Å². The van der Waals surface area contributed by atoms with Crippen molar-refractivity contribution in [3.05, 3.63) is 40.2 Å². The molecular formula is C10H8Cl2N2O2. The maximum atomic E-state index is 11.6. The molecule has 6 heteroatoms. The first-order valence-electron chi connectivity index (χ1n) is 4.54.